The number of nitrogens with zero attached hydrogens (tertiary/aromatic N) is 1. The fourth-order valence-electron chi connectivity index (χ4n) is 1.46. The molecule has 0 unspecified atom stereocenters. The number of pyridine rings is 1. The second kappa shape index (κ2) is 4.77. The summed E-state index contributed by atoms with van der Waals surface area (Å²) >= 11 is 0. The summed E-state index contributed by atoms with van der Waals surface area (Å²) in [5, 5.41) is 9.18. The molecule has 16 heavy (non-hydrogen) atoms. The number of ether oxygens (including phenoxy) is 1. The Hall–Kier alpha value is -1.87. The highest BCUT2D eigenvalue weighted by Gasteiger charge is 2.08. The second-order valence-electron chi connectivity index (χ2n) is 3.48. The third kappa shape index (κ3) is 2.20. The van der Waals surface area contributed by atoms with E-state index in [0.29, 0.717) is 11.4 Å². The summed E-state index contributed by atoms with van der Waals surface area (Å²) < 4.78 is 5.71. The van der Waals surface area contributed by atoms with Crippen LogP contribution < -0.4 is 4.74 Å². The fraction of sp³-hybridized carbons (Fsp3) is 0.154. The first-order chi connectivity index (χ1) is 7.81. The monoisotopic (exact) mass is 215 g/mol. The van der Waals surface area contributed by atoms with Crippen molar-refractivity contribution in [3.8, 4) is 11.5 Å². The lowest BCUT2D eigenvalue weighted by molar-refractivity contribution is 0.270. The number of aliphatic hydroxyl groups is 1. The van der Waals surface area contributed by atoms with Gasteiger partial charge in [-0.15, -0.1) is 0 Å². The maximum atomic E-state index is 9.18. The summed E-state index contributed by atoms with van der Waals surface area (Å²) in [5.74, 6) is 1.38. The minimum atomic E-state index is -0.121. The normalized spacial score (nSPS) is 10.1. The van der Waals surface area contributed by atoms with Crippen LogP contribution >= 0.6 is 0 Å². The van der Waals surface area contributed by atoms with Crippen molar-refractivity contribution in [1.82, 2.24) is 4.98 Å². The van der Waals surface area contributed by atoms with Crippen LogP contribution in [0.1, 0.15) is 11.3 Å². The second-order valence-corrected chi connectivity index (χ2v) is 3.48. The lowest BCUT2D eigenvalue weighted by Crippen LogP contribution is -1.97. The topological polar surface area (TPSA) is 42.4 Å². The van der Waals surface area contributed by atoms with Gasteiger partial charge < -0.3 is 9.84 Å². The molecule has 1 aromatic heterocycles. The van der Waals surface area contributed by atoms with Gasteiger partial charge in [-0.05, 0) is 30.7 Å². The molecule has 0 bridgehead atoms. The smallest absolute Gasteiger partial charge is 0.154 e. The molecule has 0 aliphatic carbocycles. The molecule has 3 heteroatoms. The maximum absolute atomic E-state index is 9.18. The average Bonchev–Trinajstić information content (AvgIpc) is 2.33. The number of aromatic nitrogens is 1. The molecule has 0 spiro atoms. The van der Waals surface area contributed by atoms with Gasteiger partial charge in [0, 0.05) is 6.20 Å². The van der Waals surface area contributed by atoms with Crippen molar-refractivity contribution in [3.63, 3.8) is 0 Å². The molecule has 2 rings (SSSR count). The molecule has 0 fully saturated rings. The number of hydrogen-bond donors (Lipinski definition) is 1. The Morgan fingerprint density at radius 2 is 1.94 bits per heavy atom. The van der Waals surface area contributed by atoms with Gasteiger partial charge in [0.1, 0.15) is 11.4 Å². The first-order valence-electron chi connectivity index (χ1n) is 5.09. The molecule has 0 aliphatic rings. The van der Waals surface area contributed by atoms with Gasteiger partial charge in [0.05, 0.1) is 6.61 Å². The third-order valence-electron chi connectivity index (χ3n) is 2.29. The van der Waals surface area contributed by atoms with E-state index in [2.05, 4.69) is 4.98 Å². The van der Waals surface area contributed by atoms with Crippen molar-refractivity contribution < 1.29 is 9.84 Å². The largest absolute Gasteiger partial charge is 0.455 e. The predicted molar refractivity (Wildman–Crippen MR) is 61.4 cm³/mol. The van der Waals surface area contributed by atoms with Crippen LogP contribution in [0.15, 0.2) is 42.6 Å². The van der Waals surface area contributed by atoms with Crippen LogP contribution in [0, 0.1) is 6.92 Å². The molecular formula is C13H13NO2. The van der Waals surface area contributed by atoms with Gasteiger partial charge in [-0.3, -0.25) is 4.98 Å². The number of aryl methyl sites for hydroxylation is 1. The van der Waals surface area contributed by atoms with Gasteiger partial charge in [-0.25, -0.2) is 0 Å². The van der Waals surface area contributed by atoms with Crippen LogP contribution in [0.5, 0.6) is 11.5 Å². The molecule has 0 saturated carbocycles. The standard InChI is InChI=1S/C13H13NO2/c1-10-7-8-14-12(9-15)13(10)16-11-5-3-2-4-6-11/h2-8,15H,9H2,1H3. The highest BCUT2D eigenvalue weighted by atomic mass is 16.5. The van der Waals surface area contributed by atoms with E-state index in [9.17, 15) is 5.11 Å². The van der Waals surface area contributed by atoms with Crippen molar-refractivity contribution in [2.24, 2.45) is 0 Å². The number of hydrogen-bond acceptors (Lipinski definition) is 3. The summed E-state index contributed by atoms with van der Waals surface area (Å²) in [6.07, 6.45) is 1.67. The summed E-state index contributed by atoms with van der Waals surface area (Å²) in [5.41, 5.74) is 1.52. The van der Waals surface area contributed by atoms with Crippen LogP contribution in [-0.4, -0.2) is 10.1 Å². The van der Waals surface area contributed by atoms with Gasteiger partial charge in [0.2, 0.25) is 0 Å². The van der Waals surface area contributed by atoms with E-state index in [1.54, 1.807) is 6.20 Å². The Kier molecular flexibility index (Phi) is 3.17. The molecule has 0 radical (unpaired) electrons. The quantitative estimate of drug-likeness (QED) is 0.855. The van der Waals surface area contributed by atoms with E-state index in [4.69, 9.17) is 4.74 Å². The molecule has 3 nitrogen and oxygen atoms in total. The molecule has 1 N–H and O–H groups in total. The summed E-state index contributed by atoms with van der Waals surface area (Å²) in [4.78, 5) is 4.08. The molecular weight excluding hydrogens is 202 g/mol. The molecule has 0 amide bonds. The Labute approximate surface area is 94.3 Å². The molecule has 0 atom stereocenters. The van der Waals surface area contributed by atoms with Crippen LogP contribution in [0.25, 0.3) is 0 Å². The van der Waals surface area contributed by atoms with Gasteiger partial charge in [-0.2, -0.15) is 0 Å². The summed E-state index contributed by atoms with van der Waals surface area (Å²) in [6.45, 7) is 1.81. The van der Waals surface area contributed by atoms with Crippen LogP contribution in [0.4, 0.5) is 0 Å². The highest BCUT2D eigenvalue weighted by molar-refractivity contribution is 5.39. The molecule has 0 aliphatic heterocycles. The highest BCUT2D eigenvalue weighted by Crippen LogP contribution is 2.27. The maximum Gasteiger partial charge on any atom is 0.154 e. The summed E-state index contributed by atoms with van der Waals surface area (Å²) in [7, 11) is 0. The number of aliphatic hydroxyl groups excluding tert-OH is 1. The number of para-hydroxylation sites is 1. The number of benzene rings is 1. The lowest BCUT2D eigenvalue weighted by atomic mass is 10.2. The van der Waals surface area contributed by atoms with Crippen LogP contribution in [0.3, 0.4) is 0 Å². The Morgan fingerprint density at radius 1 is 1.19 bits per heavy atom. The zero-order valence-electron chi connectivity index (χ0n) is 9.05. The van der Waals surface area contributed by atoms with E-state index >= 15 is 0 Å². The lowest BCUT2D eigenvalue weighted by Gasteiger charge is -2.11. The van der Waals surface area contributed by atoms with E-state index in [1.807, 2.05) is 43.3 Å². The van der Waals surface area contributed by atoms with Crippen molar-refractivity contribution >= 4 is 0 Å². The summed E-state index contributed by atoms with van der Waals surface area (Å²) in [6, 6.07) is 11.3. The van der Waals surface area contributed by atoms with Crippen molar-refractivity contribution in [2.75, 3.05) is 0 Å². The Balaban J connectivity index is 2.34. The SMILES string of the molecule is Cc1ccnc(CO)c1Oc1ccccc1. The predicted octanol–water partition coefficient (Wildman–Crippen LogP) is 2.67. The Morgan fingerprint density at radius 3 is 2.62 bits per heavy atom. The van der Waals surface area contributed by atoms with Crippen molar-refractivity contribution in [3.05, 3.63) is 53.9 Å². The van der Waals surface area contributed by atoms with E-state index in [0.717, 1.165) is 11.3 Å². The molecule has 1 heterocycles. The van der Waals surface area contributed by atoms with E-state index in [-0.39, 0.29) is 6.61 Å². The fourth-order valence-corrected chi connectivity index (χ4v) is 1.46. The Bertz CT molecular complexity index is 469. The van der Waals surface area contributed by atoms with Gasteiger partial charge in [0.25, 0.3) is 0 Å². The van der Waals surface area contributed by atoms with Crippen molar-refractivity contribution in [2.45, 2.75) is 13.5 Å². The van der Waals surface area contributed by atoms with Gasteiger partial charge in [-0.1, -0.05) is 18.2 Å². The zero-order chi connectivity index (χ0) is 11.4. The van der Waals surface area contributed by atoms with Crippen LogP contribution in [-0.2, 0) is 6.61 Å². The van der Waals surface area contributed by atoms with Crippen LogP contribution in [0.2, 0.25) is 0 Å². The number of rotatable bonds is 3. The first-order valence-corrected chi connectivity index (χ1v) is 5.09. The minimum absolute atomic E-state index is 0.121. The minimum Gasteiger partial charge on any atom is -0.455 e. The molecule has 0 saturated heterocycles. The van der Waals surface area contributed by atoms with Crippen molar-refractivity contribution in [1.29, 1.82) is 0 Å². The molecule has 1 aromatic carbocycles. The van der Waals surface area contributed by atoms with Gasteiger partial charge >= 0.3 is 0 Å². The zero-order valence-corrected chi connectivity index (χ0v) is 9.05. The first kappa shape index (κ1) is 10.6. The molecule has 82 valence electrons. The van der Waals surface area contributed by atoms with E-state index in [1.165, 1.54) is 0 Å². The van der Waals surface area contributed by atoms with E-state index < -0.39 is 0 Å². The molecule has 2 aromatic rings. The average molecular weight is 215 g/mol. The third-order valence-corrected chi connectivity index (χ3v) is 2.29. The van der Waals surface area contributed by atoms with Gasteiger partial charge in [0.15, 0.2) is 5.75 Å².